The number of imidazole rings is 2. The molecule has 5 heteroatoms. The van der Waals surface area contributed by atoms with E-state index in [1.54, 1.807) is 7.11 Å². The van der Waals surface area contributed by atoms with Crippen molar-refractivity contribution in [1.29, 1.82) is 0 Å². The van der Waals surface area contributed by atoms with Crippen molar-refractivity contribution in [3.63, 3.8) is 0 Å². The molecule has 0 radical (unpaired) electrons. The number of hydrogen-bond acceptors (Lipinski definition) is 3. The second kappa shape index (κ2) is 8.68. The monoisotopic (exact) mass is 472 g/mol. The van der Waals surface area contributed by atoms with Crippen LogP contribution in [0.5, 0.6) is 5.75 Å². The Balaban J connectivity index is 1.61. The summed E-state index contributed by atoms with van der Waals surface area (Å²) in [5, 5.41) is 0. The molecule has 5 nitrogen and oxygen atoms in total. The predicted molar refractivity (Wildman–Crippen MR) is 145 cm³/mol. The zero-order valence-electron chi connectivity index (χ0n) is 21.0. The van der Waals surface area contributed by atoms with Crippen molar-refractivity contribution < 1.29 is 4.74 Å². The Morgan fingerprint density at radius 1 is 0.639 bits per heavy atom. The number of aryl methyl sites for hydroxylation is 3. The molecule has 178 valence electrons. The van der Waals surface area contributed by atoms with Crippen molar-refractivity contribution in [1.82, 2.24) is 18.8 Å². The normalized spacial score (nSPS) is 11.4. The summed E-state index contributed by atoms with van der Waals surface area (Å²) in [4.78, 5) is 10.1. The molecule has 4 heterocycles. The lowest BCUT2D eigenvalue weighted by Gasteiger charge is -2.10. The van der Waals surface area contributed by atoms with Crippen LogP contribution < -0.4 is 4.74 Å². The number of rotatable bonds is 5. The number of benzene rings is 2. The zero-order chi connectivity index (χ0) is 24.8. The standard InChI is InChI=1S/C31H28N4O/c1-20-8-12-23(13-9-20)30-26(34-18-21(2)10-14-28(34)32-30)17-27-31(24-6-5-7-25(16-24)36-4)33-29-15-11-22(3)19-35(27)29/h5-16,18-19H,17H2,1-4H3. The number of fused-ring (bicyclic) bond motifs is 2. The fourth-order valence-corrected chi connectivity index (χ4v) is 4.84. The summed E-state index contributed by atoms with van der Waals surface area (Å²) in [5.41, 5.74) is 11.9. The summed E-state index contributed by atoms with van der Waals surface area (Å²) in [7, 11) is 1.70. The number of methoxy groups -OCH3 is 1. The Labute approximate surface area is 210 Å². The number of ether oxygens (including phenoxy) is 1. The molecule has 6 rings (SSSR count). The fraction of sp³-hybridized carbons (Fsp3) is 0.161. The van der Waals surface area contributed by atoms with Crippen molar-refractivity contribution in [3.05, 3.63) is 113 Å². The molecule has 0 saturated carbocycles. The minimum absolute atomic E-state index is 0.672. The predicted octanol–water partition coefficient (Wildman–Crippen LogP) is 6.84. The van der Waals surface area contributed by atoms with Crippen LogP contribution in [0.1, 0.15) is 28.1 Å². The molecule has 2 aromatic carbocycles. The SMILES string of the molecule is COc1cccc(-c2nc3ccc(C)cn3c2Cc2c(-c3ccc(C)cc3)nc3ccc(C)cn23)c1. The second-order valence-corrected chi connectivity index (χ2v) is 9.46. The van der Waals surface area contributed by atoms with E-state index in [0.29, 0.717) is 6.42 Å². The minimum atomic E-state index is 0.672. The Kier molecular flexibility index (Phi) is 5.33. The summed E-state index contributed by atoms with van der Waals surface area (Å²) in [6.45, 7) is 6.34. The molecule has 0 spiro atoms. The average molecular weight is 473 g/mol. The van der Waals surface area contributed by atoms with Gasteiger partial charge in [-0.15, -0.1) is 0 Å². The molecule has 0 unspecified atom stereocenters. The van der Waals surface area contributed by atoms with Crippen LogP contribution in [0, 0.1) is 20.8 Å². The van der Waals surface area contributed by atoms with E-state index in [1.807, 2.05) is 12.1 Å². The molecule has 4 aromatic heterocycles. The van der Waals surface area contributed by atoms with Gasteiger partial charge in [0.1, 0.15) is 17.0 Å². The van der Waals surface area contributed by atoms with E-state index in [2.05, 4.69) is 103 Å². The lowest BCUT2D eigenvalue weighted by Crippen LogP contribution is -2.02. The van der Waals surface area contributed by atoms with E-state index < -0.39 is 0 Å². The topological polar surface area (TPSA) is 43.8 Å². The van der Waals surface area contributed by atoms with Gasteiger partial charge in [-0.05, 0) is 56.2 Å². The highest BCUT2D eigenvalue weighted by atomic mass is 16.5. The molecular weight excluding hydrogens is 444 g/mol. The third-order valence-electron chi connectivity index (χ3n) is 6.73. The van der Waals surface area contributed by atoms with Crippen molar-refractivity contribution in [2.24, 2.45) is 0 Å². The molecule has 0 aliphatic rings. The summed E-state index contributed by atoms with van der Waals surface area (Å²) < 4.78 is 9.98. The molecule has 0 fully saturated rings. The summed E-state index contributed by atoms with van der Waals surface area (Å²) in [6.07, 6.45) is 5.02. The van der Waals surface area contributed by atoms with Crippen LogP contribution in [0.15, 0.2) is 85.2 Å². The Morgan fingerprint density at radius 3 is 1.78 bits per heavy atom. The van der Waals surface area contributed by atoms with Crippen LogP contribution >= 0.6 is 0 Å². The van der Waals surface area contributed by atoms with E-state index in [-0.39, 0.29) is 0 Å². The van der Waals surface area contributed by atoms with Gasteiger partial charge in [-0.1, -0.05) is 54.1 Å². The van der Waals surface area contributed by atoms with Crippen molar-refractivity contribution in [2.75, 3.05) is 7.11 Å². The highest BCUT2D eigenvalue weighted by molar-refractivity contribution is 5.71. The molecule has 0 aliphatic carbocycles. The Morgan fingerprint density at radius 2 is 1.19 bits per heavy atom. The van der Waals surface area contributed by atoms with Gasteiger partial charge in [-0.25, -0.2) is 9.97 Å². The van der Waals surface area contributed by atoms with E-state index in [0.717, 1.165) is 50.9 Å². The molecule has 36 heavy (non-hydrogen) atoms. The second-order valence-electron chi connectivity index (χ2n) is 9.46. The van der Waals surface area contributed by atoms with Gasteiger partial charge in [0.2, 0.25) is 0 Å². The average Bonchev–Trinajstić information content (AvgIpc) is 3.43. The van der Waals surface area contributed by atoms with Crippen LogP contribution in [0.4, 0.5) is 0 Å². The van der Waals surface area contributed by atoms with Gasteiger partial charge in [-0.3, -0.25) is 0 Å². The van der Waals surface area contributed by atoms with E-state index in [4.69, 9.17) is 14.7 Å². The van der Waals surface area contributed by atoms with Crippen molar-refractivity contribution >= 4 is 11.3 Å². The Bertz CT molecular complexity index is 1720. The number of aromatic nitrogens is 4. The highest BCUT2D eigenvalue weighted by Crippen LogP contribution is 2.33. The van der Waals surface area contributed by atoms with Crippen LogP contribution in [0.3, 0.4) is 0 Å². The van der Waals surface area contributed by atoms with E-state index in [1.165, 1.54) is 16.7 Å². The minimum Gasteiger partial charge on any atom is -0.497 e. The summed E-state index contributed by atoms with van der Waals surface area (Å²) in [5.74, 6) is 0.817. The van der Waals surface area contributed by atoms with Gasteiger partial charge in [0.15, 0.2) is 0 Å². The van der Waals surface area contributed by atoms with Crippen LogP contribution in [0.25, 0.3) is 33.8 Å². The lowest BCUT2D eigenvalue weighted by atomic mass is 10.0. The van der Waals surface area contributed by atoms with E-state index >= 15 is 0 Å². The number of nitrogens with zero attached hydrogens (tertiary/aromatic N) is 4. The molecule has 6 aromatic rings. The first kappa shape index (κ1) is 22.1. The molecular formula is C31H28N4O. The van der Waals surface area contributed by atoms with Crippen LogP contribution in [-0.4, -0.2) is 25.9 Å². The molecule has 0 amide bonds. The van der Waals surface area contributed by atoms with Gasteiger partial charge in [-0.2, -0.15) is 0 Å². The number of hydrogen-bond donors (Lipinski definition) is 0. The van der Waals surface area contributed by atoms with Crippen LogP contribution in [-0.2, 0) is 6.42 Å². The van der Waals surface area contributed by atoms with Crippen molar-refractivity contribution in [2.45, 2.75) is 27.2 Å². The fourth-order valence-electron chi connectivity index (χ4n) is 4.84. The smallest absolute Gasteiger partial charge is 0.137 e. The quantitative estimate of drug-likeness (QED) is 0.276. The first-order chi connectivity index (χ1) is 17.5. The van der Waals surface area contributed by atoms with Gasteiger partial charge in [0, 0.05) is 29.9 Å². The third-order valence-corrected chi connectivity index (χ3v) is 6.73. The maximum absolute atomic E-state index is 5.52. The third kappa shape index (κ3) is 3.83. The van der Waals surface area contributed by atoms with Gasteiger partial charge < -0.3 is 13.5 Å². The molecule has 0 saturated heterocycles. The number of pyridine rings is 2. The highest BCUT2D eigenvalue weighted by Gasteiger charge is 2.21. The summed E-state index contributed by atoms with van der Waals surface area (Å²) >= 11 is 0. The largest absolute Gasteiger partial charge is 0.497 e. The molecule has 0 aliphatic heterocycles. The lowest BCUT2D eigenvalue weighted by molar-refractivity contribution is 0.415. The van der Waals surface area contributed by atoms with Gasteiger partial charge in [0.25, 0.3) is 0 Å². The first-order valence-corrected chi connectivity index (χ1v) is 12.2. The van der Waals surface area contributed by atoms with Gasteiger partial charge in [0.05, 0.1) is 29.9 Å². The van der Waals surface area contributed by atoms with E-state index in [9.17, 15) is 0 Å². The Hall–Kier alpha value is -4.38. The molecule has 0 N–H and O–H groups in total. The molecule has 0 atom stereocenters. The maximum atomic E-state index is 5.52. The van der Waals surface area contributed by atoms with Gasteiger partial charge >= 0.3 is 0 Å². The molecule has 0 bridgehead atoms. The van der Waals surface area contributed by atoms with Crippen molar-refractivity contribution in [3.8, 4) is 28.3 Å². The summed E-state index contributed by atoms with van der Waals surface area (Å²) in [6, 6.07) is 25.2. The zero-order valence-corrected chi connectivity index (χ0v) is 21.0. The first-order valence-electron chi connectivity index (χ1n) is 12.2. The van der Waals surface area contributed by atoms with Crippen LogP contribution in [0.2, 0.25) is 0 Å². The maximum Gasteiger partial charge on any atom is 0.137 e.